The van der Waals surface area contributed by atoms with Gasteiger partial charge in [-0.15, -0.1) is 10.1 Å². The standard InChI is InChI=1S/C17H17ClN6O5/c1-10-20-14(18)13(15(21-10)28-2)22-17-19-7-8-23(17)16(25)12-5-3-11(4-6-12)9-29-24(26)27/h3-6H,7-9H2,1-2H3,(H,19,22). The first-order chi connectivity index (χ1) is 13.9. The fourth-order valence-electron chi connectivity index (χ4n) is 2.66. The molecule has 2 heterocycles. The minimum Gasteiger partial charge on any atom is -0.479 e. The zero-order valence-corrected chi connectivity index (χ0v) is 16.3. The lowest BCUT2D eigenvalue weighted by atomic mass is 10.1. The number of anilines is 1. The van der Waals surface area contributed by atoms with Crippen LogP contribution in [-0.2, 0) is 11.4 Å². The van der Waals surface area contributed by atoms with Crippen LogP contribution < -0.4 is 10.1 Å². The minimum absolute atomic E-state index is 0.145. The molecule has 2 aromatic rings. The van der Waals surface area contributed by atoms with Crippen molar-refractivity contribution in [2.24, 2.45) is 4.99 Å². The summed E-state index contributed by atoms with van der Waals surface area (Å²) in [5.41, 5.74) is 1.27. The Morgan fingerprint density at radius 2 is 2.07 bits per heavy atom. The Hall–Kier alpha value is -3.47. The molecule has 1 aliphatic rings. The number of carbonyl (C=O) groups excluding carboxylic acids is 1. The Balaban J connectivity index is 1.75. The van der Waals surface area contributed by atoms with Crippen molar-refractivity contribution in [3.05, 3.63) is 56.5 Å². The Bertz CT molecular complexity index is 966. The number of nitrogens with zero attached hydrogens (tertiary/aromatic N) is 5. The number of guanidine groups is 1. The highest BCUT2D eigenvalue weighted by Crippen LogP contribution is 2.29. The molecule has 0 saturated carbocycles. The van der Waals surface area contributed by atoms with E-state index in [1.165, 1.54) is 12.0 Å². The number of hydrogen-bond acceptors (Lipinski definition) is 9. The summed E-state index contributed by atoms with van der Waals surface area (Å²) < 4.78 is 5.23. The monoisotopic (exact) mass is 420 g/mol. The molecule has 152 valence electrons. The number of ether oxygens (including phenoxy) is 1. The minimum atomic E-state index is -0.869. The zero-order chi connectivity index (χ0) is 21.0. The van der Waals surface area contributed by atoms with E-state index in [9.17, 15) is 14.9 Å². The highest BCUT2D eigenvalue weighted by Gasteiger charge is 2.27. The fourth-order valence-corrected chi connectivity index (χ4v) is 2.91. The fraction of sp³-hybridized carbons (Fsp3) is 0.294. The van der Waals surface area contributed by atoms with E-state index in [2.05, 4.69) is 25.1 Å². The van der Waals surface area contributed by atoms with Gasteiger partial charge in [-0.3, -0.25) is 14.7 Å². The molecule has 0 atom stereocenters. The lowest BCUT2D eigenvalue weighted by Gasteiger charge is -2.20. The molecule has 1 amide bonds. The number of nitrogens with one attached hydrogen (secondary N) is 1. The van der Waals surface area contributed by atoms with Crippen LogP contribution in [0, 0.1) is 17.0 Å². The molecule has 0 fully saturated rings. The first-order valence-corrected chi connectivity index (χ1v) is 8.84. The maximum Gasteiger partial charge on any atom is 0.294 e. The molecule has 12 heteroatoms. The van der Waals surface area contributed by atoms with Crippen molar-refractivity contribution < 1.29 is 19.5 Å². The Kier molecular flexibility index (Phi) is 6.07. The van der Waals surface area contributed by atoms with Gasteiger partial charge in [0.05, 0.1) is 13.7 Å². The number of aromatic nitrogens is 2. The van der Waals surface area contributed by atoms with E-state index in [0.717, 1.165) is 0 Å². The second-order valence-electron chi connectivity index (χ2n) is 5.93. The molecule has 0 aliphatic carbocycles. The molecule has 1 aromatic heterocycles. The van der Waals surface area contributed by atoms with Gasteiger partial charge in [0.25, 0.3) is 11.0 Å². The smallest absolute Gasteiger partial charge is 0.294 e. The third-order valence-electron chi connectivity index (χ3n) is 4.00. The number of halogens is 1. The van der Waals surface area contributed by atoms with Gasteiger partial charge < -0.3 is 14.9 Å². The number of benzene rings is 1. The highest BCUT2D eigenvalue weighted by molar-refractivity contribution is 6.33. The number of carbonyl (C=O) groups is 1. The van der Waals surface area contributed by atoms with E-state index >= 15 is 0 Å². The van der Waals surface area contributed by atoms with Gasteiger partial charge in [-0.1, -0.05) is 23.7 Å². The van der Waals surface area contributed by atoms with Crippen molar-refractivity contribution in [1.29, 1.82) is 0 Å². The van der Waals surface area contributed by atoms with E-state index in [4.69, 9.17) is 16.3 Å². The van der Waals surface area contributed by atoms with Crippen LogP contribution in [0.3, 0.4) is 0 Å². The quantitative estimate of drug-likeness (QED) is 0.426. The van der Waals surface area contributed by atoms with Crippen LogP contribution >= 0.6 is 11.6 Å². The second-order valence-corrected chi connectivity index (χ2v) is 6.29. The van der Waals surface area contributed by atoms with Crippen molar-refractivity contribution in [3.63, 3.8) is 0 Å². The maximum atomic E-state index is 12.9. The van der Waals surface area contributed by atoms with Crippen LogP contribution in [0.1, 0.15) is 21.7 Å². The molecule has 3 rings (SSSR count). The first kappa shape index (κ1) is 20.3. The van der Waals surface area contributed by atoms with Gasteiger partial charge >= 0.3 is 0 Å². The lowest BCUT2D eigenvalue weighted by molar-refractivity contribution is -0.763. The normalized spacial score (nSPS) is 13.1. The number of amides is 1. The number of aryl methyl sites for hydroxylation is 1. The van der Waals surface area contributed by atoms with Crippen LogP contribution in [0.15, 0.2) is 29.3 Å². The van der Waals surface area contributed by atoms with Gasteiger partial charge in [-0.2, -0.15) is 4.98 Å². The first-order valence-electron chi connectivity index (χ1n) is 8.46. The summed E-state index contributed by atoms with van der Waals surface area (Å²) in [6.07, 6.45) is 0. The lowest BCUT2D eigenvalue weighted by Crippen LogP contribution is -2.38. The Morgan fingerprint density at radius 1 is 1.34 bits per heavy atom. The molecule has 0 spiro atoms. The van der Waals surface area contributed by atoms with E-state index < -0.39 is 5.09 Å². The zero-order valence-electron chi connectivity index (χ0n) is 15.6. The number of hydrogen-bond donors (Lipinski definition) is 1. The van der Waals surface area contributed by atoms with Crippen LogP contribution in [0.25, 0.3) is 0 Å². The van der Waals surface area contributed by atoms with Gasteiger partial charge in [-0.25, -0.2) is 4.98 Å². The van der Waals surface area contributed by atoms with Crippen molar-refractivity contribution in [1.82, 2.24) is 14.9 Å². The van der Waals surface area contributed by atoms with Crippen molar-refractivity contribution in [2.45, 2.75) is 13.5 Å². The molecule has 0 unspecified atom stereocenters. The van der Waals surface area contributed by atoms with E-state index in [1.807, 2.05) is 0 Å². The molecule has 0 radical (unpaired) electrons. The average molecular weight is 421 g/mol. The van der Waals surface area contributed by atoms with Crippen LogP contribution in [0.4, 0.5) is 5.69 Å². The second kappa shape index (κ2) is 8.69. The summed E-state index contributed by atoms with van der Waals surface area (Å²) in [4.78, 5) is 41.5. The van der Waals surface area contributed by atoms with E-state index in [1.54, 1.807) is 31.2 Å². The molecule has 11 nitrogen and oxygen atoms in total. The summed E-state index contributed by atoms with van der Waals surface area (Å²) in [6, 6.07) is 6.31. The molecule has 29 heavy (non-hydrogen) atoms. The predicted molar refractivity (Wildman–Crippen MR) is 104 cm³/mol. The summed E-state index contributed by atoms with van der Waals surface area (Å²) in [6.45, 7) is 2.28. The number of aliphatic imine (C=N–C) groups is 1. The summed E-state index contributed by atoms with van der Waals surface area (Å²) in [7, 11) is 1.45. The summed E-state index contributed by atoms with van der Waals surface area (Å²) >= 11 is 6.19. The number of methoxy groups -OCH3 is 1. The largest absolute Gasteiger partial charge is 0.479 e. The molecule has 1 aromatic carbocycles. The highest BCUT2D eigenvalue weighted by atomic mass is 35.5. The van der Waals surface area contributed by atoms with Gasteiger partial charge in [0.1, 0.15) is 18.1 Å². The van der Waals surface area contributed by atoms with E-state index in [0.29, 0.717) is 41.7 Å². The van der Waals surface area contributed by atoms with E-state index in [-0.39, 0.29) is 23.5 Å². The van der Waals surface area contributed by atoms with Gasteiger partial charge in [0.2, 0.25) is 11.8 Å². The molecule has 0 saturated heterocycles. The summed E-state index contributed by atoms with van der Waals surface area (Å²) in [5.74, 6) is 0.682. The predicted octanol–water partition coefficient (Wildman–Crippen LogP) is 2.08. The number of rotatable bonds is 6. The van der Waals surface area contributed by atoms with Gasteiger partial charge in [0.15, 0.2) is 5.15 Å². The average Bonchev–Trinajstić information content (AvgIpc) is 3.16. The molecule has 1 aliphatic heterocycles. The van der Waals surface area contributed by atoms with Gasteiger partial charge in [-0.05, 0) is 24.6 Å². The summed E-state index contributed by atoms with van der Waals surface area (Å²) in [5, 5.41) is 12.5. The maximum absolute atomic E-state index is 12.9. The topological polar surface area (TPSA) is 132 Å². The third-order valence-corrected chi connectivity index (χ3v) is 4.27. The molecule has 0 bridgehead atoms. The molecular formula is C17H17ClN6O5. The molecular weight excluding hydrogens is 404 g/mol. The Morgan fingerprint density at radius 3 is 2.72 bits per heavy atom. The third kappa shape index (κ3) is 4.69. The van der Waals surface area contributed by atoms with Crippen molar-refractivity contribution in [2.75, 3.05) is 25.5 Å². The Labute approximate surface area is 170 Å². The molecule has 1 N–H and O–H groups in total. The SMILES string of the molecule is COc1nc(C)nc(Cl)c1NC1=NCCN1C(=O)c1ccc(CO[N+](=O)[O-])cc1. The van der Waals surface area contributed by atoms with Gasteiger partial charge in [0, 0.05) is 12.1 Å². The van der Waals surface area contributed by atoms with Crippen LogP contribution in [-0.4, -0.2) is 52.0 Å². The van der Waals surface area contributed by atoms with Crippen LogP contribution in [0.2, 0.25) is 5.15 Å². The van der Waals surface area contributed by atoms with Crippen molar-refractivity contribution >= 4 is 29.2 Å². The van der Waals surface area contributed by atoms with Crippen LogP contribution in [0.5, 0.6) is 5.88 Å². The van der Waals surface area contributed by atoms with Crippen molar-refractivity contribution in [3.8, 4) is 5.88 Å².